The predicted molar refractivity (Wildman–Crippen MR) is 130 cm³/mol. The van der Waals surface area contributed by atoms with Crippen molar-refractivity contribution in [2.24, 2.45) is 0 Å². The first-order chi connectivity index (χ1) is 15.0. The summed E-state index contributed by atoms with van der Waals surface area (Å²) >= 11 is 0. The summed E-state index contributed by atoms with van der Waals surface area (Å²) in [6, 6.07) is 15.9. The van der Waals surface area contributed by atoms with Gasteiger partial charge in [0.2, 0.25) is 0 Å². The van der Waals surface area contributed by atoms with E-state index in [-0.39, 0.29) is 16.8 Å². The van der Waals surface area contributed by atoms with Gasteiger partial charge in [-0.3, -0.25) is 9.52 Å². The van der Waals surface area contributed by atoms with E-state index in [2.05, 4.69) is 29.1 Å². The molecular formula is C26H30N2O3S. The van der Waals surface area contributed by atoms with Gasteiger partial charge in [0.1, 0.15) is 0 Å². The molecular weight excluding hydrogens is 420 g/mol. The molecule has 3 rings (SSSR count). The van der Waals surface area contributed by atoms with Crippen molar-refractivity contribution in [2.75, 3.05) is 4.72 Å². The molecule has 32 heavy (non-hydrogen) atoms. The quantitative estimate of drug-likeness (QED) is 0.519. The number of para-hydroxylation sites is 1. The minimum absolute atomic E-state index is 0.0865. The van der Waals surface area contributed by atoms with E-state index >= 15 is 0 Å². The third-order valence-electron chi connectivity index (χ3n) is 5.83. The van der Waals surface area contributed by atoms with Gasteiger partial charge in [0.15, 0.2) is 0 Å². The van der Waals surface area contributed by atoms with E-state index in [1.54, 1.807) is 31.2 Å². The van der Waals surface area contributed by atoms with Crippen LogP contribution in [0.2, 0.25) is 0 Å². The first kappa shape index (κ1) is 23.5. The number of hydrogen-bond donors (Lipinski definition) is 2. The summed E-state index contributed by atoms with van der Waals surface area (Å²) < 4.78 is 28.8. The van der Waals surface area contributed by atoms with Crippen LogP contribution < -0.4 is 10.0 Å². The maximum absolute atomic E-state index is 13.1. The molecule has 0 aliphatic rings. The van der Waals surface area contributed by atoms with E-state index in [9.17, 15) is 13.2 Å². The molecule has 0 bridgehead atoms. The molecule has 0 aromatic heterocycles. The van der Waals surface area contributed by atoms with Crippen molar-refractivity contribution in [1.82, 2.24) is 5.32 Å². The molecule has 0 unspecified atom stereocenters. The van der Waals surface area contributed by atoms with Gasteiger partial charge in [0.05, 0.1) is 16.6 Å². The molecule has 1 amide bonds. The smallest absolute Gasteiger partial charge is 0.262 e. The number of nitrogens with one attached hydrogen (secondary N) is 2. The van der Waals surface area contributed by atoms with Crippen LogP contribution in [0.3, 0.4) is 0 Å². The lowest BCUT2D eigenvalue weighted by Crippen LogP contribution is -2.27. The number of carbonyl (C=O) groups excluding carboxylic acids is 1. The third kappa shape index (κ3) is 5.02. The standard InChI is InChI=1S/C26H30N2O3S/c1-16-9-7-8-10-24(16)28-32(30,31)25-15-22(12-11-17(25)2)26(29)27-21(6)23-14-19(4)18(3)13-20(23)5/h7-15,21,28H,1-6H3,(H,27,29)/t21-/m1/s1. The van der Waals surface area contributed by atoms with Gasteiger partial charge in [-0.1, -0.05) is 36.4 Å². The van der Waals surface area contributed by atoms with Crippen molar-refractivity contribution in [2.45, 2.75) is 52.5 Å². The molecule has 0 radical (unpaired) electrons. The zero-order valence-corrected chi connectivity index (χ0v) is 20.2. The van der Waals surface area contributed by atoms with Crippen LogP contribution in [0.4, 0.5) is 5.69 Å². The van der Waals surface area contributed by atoms with E-state index in [0.29, 0.717) is 16.8 Å². The lowest BCUT2D eigenvalue weighted by atomic mass is 9.96. The van der Waals surface area contributed by atoms with Crippen molar-refractivity contribution >= 4 is 21.6 Å². The molecule has 0 aliphatic heterocycles. The monoisotopic (exact) mass is 450 g/mol. The van der Waals surface area contributed by atoms with Crippen LogP contribution in [0.15, 0.2) is 59.5 Å². The Balaban J connectivity index is 1.87. The SMILES string of the molecule is Cc1cc(C)c([C@@H](C)NC(=O)c2ccc(C)c(S(=O)(=O)Nc3ccccc3C)c2)cc1C. The minimum atomic E-state index is -3.85. The number of hydrogen-bond acceptors (Lipinski definition) is 3. The fraction of sp³-hybridized carbons (Fsp3) is 0.269. The lowest BCUT2D eigenvalue weighted by Gasteiger charge is -2.19. The van der Waals surface area contributed by atoms with Crippen molar-refractivity contribution in [3.63, 3.8) is 0 Å². The summed E-state index contributed by atoms with van der Waals surface area (Å²) in [5.41, 5.74) is 6.73. The Morgan fingerprint density at radius 1 is 0.781 bits per heavy atom. The second-order valence-corrected chi connectivity index (χ2v) is 10.0. The molecule has 0 saturated carbocycles. The Bertz CT molecular complexity index is 1280. The number of sulfonamides is 1. The molecule has 3 aromatic rings. The molecule has 2 N–H and O–H groups in total. The Labute approximate surface area is 190 Å². The van der Waals surface area contributed by atoms with Gasteiger partial charge in [-0.05, 0) is 93.1 Å². The van der Waals surface area contributed by atoms with Crippen LogP contribution >= 0.6 is 0 Å². The maximum Gasteiger partial charge on any atom is 0.262 e. The minimum Gasteiger partial charge on any atom is -0.346 e. The highest BCUT2D eigenvalue weighted by Crippen LogP contribution is 2.25. The molecule has 168 valence electrons. The molecule has 3 aromatic carbocycles. The van der Waals surface area contributed by atoms with Gasteiger partial charge in [-0.2, -0.15) is 0 Å². The zero-order valence-electron chi connectivity index (χ0n) is 19.4. The highest BCUT2D eigenvalue weighted by Gasteiger charge is 2.21. The van der Waals surface area contributed by atoms with Gasteiger partial charge in [-0.25, -0.2) is 8.42 Å². The highest BCUT2D eigenvalue weighted by molar-refractivity contribution is 7.92. The van der Waals surface area contributed by atoms with Crippen LogP contribution in [0, 0.1) is 34.6 Å². The normalized spacial score (nSPS) is 12.3. The molecule has 0 aliphatic carbocycles. The van der Waals surface area contributed by atoms with Crippen LogP contribution in [-0.2, 0) is 10.0 Å². The summed E-state index contributed by atoms with van der Waals surface area (Å²) in [6.07, 6.45) is 0. The number of anilines is 1. The Morgan fingerprint density at radius 3 is 2.12 bits per heavy atom. The molecule has 5 nitrogen and oxygen atoms in total. The summed E-state index contributed by atoms with van der Waals surface area (Å²) in [7, 11) is -3.85. The molecule has 0 spiro atoms. The van der Waals surface area contributed by atoms with Crippen LogP contribution in [-0.4, -0.2) is 14.3 Å². The van der Waals surface area contributed by atoms with E-state index in [0.717, 1.165) is 22.3 Å². The average molecular weight is 451 g/mol. The first-order valence-corrected chi connectivity index (χ1v) is 12.1. The Hall–Kier alpha value is -3.12. The summed E-state index contributed by atoms with van der Waals surface area (Å²) in [5.74, 6) is -0.317. The van der Waals surface area contributed by atoms with Gasteiger partial charge in [0, 0.05) is 5.56 Å². The van der Waals surface area contributed by atoms with Crippen LogP contribution in [0.5, 0.6) is 0 Å². The first-order valence-electron chi connectivity index (χ1n) is 10.6. The maximum atomic E-state index is 13.1. The topological polar surface area (TPSA) is 75.3 Å². The number of aryl methyl sites for hydroxylation is 5. The summed E-state index contributed by atoms with van der Waals surface area (Å²) in [4.78, 5) is 13.1. The predicted octanol–water partition coefficient (Wildman–Crippen LogP) is 5.52. The van der Waals surface area contributed by atoms with Crippen molar-refractivity contribution in [1.29, 1.82) is 0 Å². The van der Waals surface area contributed by atoms with E-state index in [1.807, 2.05) is 39.8 Å². The lowest BCUT2D eigenvalue weighted by molar-refractivity contribution is 0.0939. The number of rotatable bonds is 6. The Morgan fingerprint density at radius 2 is 1.44 bits per heavy atom. The molecule has 0 heterocycles. The summed E-state index contributed by atoms with van der Waals surface area (Å²) in [6.45, 7) is 11.6. The average Bonchev–Trinajstić information content (AvgIpc) is 2.72. The van der Waals surface area contributed by atoms with Gasteiger partial charge in [-0.15, -0.1) is 0 Å². The Kier molecular flexibility index (Phi) is 6.74. The fourth-order valence-corrected chi connectivity index (χ4v) is 5.13. The zero-order chi connectivity index (χ0) is 23.6. The van der Waals surface area contributed by atoms with E-state index in [1.165, 1.54) is 11.6 Å². The fourth-order valence-electron chi connectivity index (χ4n) is 3.73. The van der Waals surface area contributed by atoms with Crippen LogP contribution in [0.1, 0.15) is 56.7 Å². The third-order valence-corrected chi connectivity index (χ3v) is 7.33. The van der Waals surface area contributed by atoms with E-state index in [4.69, 9.17) is 0 Å². The molecule has 6 heteroatoms. The van der Waals surface area contributed by atoms with Crippen LogP contribution in [0.25, 0.3) is 0 Å². The molecule has 0 fully saturated rings. The largest absolute Gasteiger partial charge is 0.346 e. The van der Waals surface area contributed by atoms with Crippen molar-refractivity contribution in [3.05, 3.63) is 93.5 Å². The van der Waals surface area contributed by atoms with Crippen molar-refractivity contribution < 1.29 is 13.2 Å². The molecule has 1 atom stereocenters. The van der Waals surface area contributed by atoms with Gasteiger partial charge in [0.25, 0.3) is 15.9 Å². The second-order valence-electron chi connectivity index (χ2n) is 8.39. The van der Waals surface area contributed by atoms with E-state index < -0.39 is 10.0 Å². The number of amides is 1. The van der Waals surface area contributed by atoms with Gasteiger partial charge >= 0.3 is 0 Å². The highest BCUT2D eigenvalue weighted by atomic mass is 32.2. The molecule has 0 saturated heterocycles. The number of carbonyl (C=O) groups is 1. The van der Waals surface area contributed by atoms with Crippen molar-refractivity contribution in [3.8, 4) is 0 Å². The number of benzene rings is 3. The second kappa shape index (κ2) is 9.17. The van der Waals surface area contributed by atoms with Gasteiger partial charge < -0.3 is 5.32 Å². The summed E-state index contributed by atoms with van der Waals surface area (Å²) in [5, 5.41) is 3.00.